The third-order valence-electron chi connectivity index (χ3n) is 8.15. The normalized spacial score (nSPS) is 26.6. The topological polar surface area (TPSA) is 69.6 Å². The van der Waals surface area contributed by atoms with E-state index in [9.17, 15) is 5.11 Å². The molecule has 1 unspecified atom stereocenters. The second-order valence-electron chi connectivity index (χ2n) is 10.9. The van der Waals surface area contributed by atoms with Gasteiger partial charge < -0.3 is 33.7 Å². The van der Waals surface area contributed by atoms with Gasteiger partial charge in [-0.2, -0.15) is 0 Å². The predicted octanol–water partition coefficient (Wildman–Crippen LogP) is 4.69. The van der Waals surface area contributed by atoms with Crippen molar-refractivity contribution in [3.05, 3.63) is 59.2 Å². The minimum atomic E-state index is -0.398. The fourth-order valence-corrected chi connectivity index (χ4v) is 5.85. The average molecular weight is 526 g/mol. The highest BCUT2D eigenvalue weighted by atomic mass is 16.5. The quantitative estimate of drug-likeness (QED) is 0.381. The molecular weight excluding hydrogens is 482 g/mol. The molecule has 2 saturated carbocycles. The number of aliphatic hydroxyl groups is 1. The van der Waals surface area contributed by atoms with Gasteiger partial charge in [-0.1, -0.05) is 30.3 Å². The molecule has 1 aliphatic heterocycles. The zero-order valence-electron chi connectivity index (χ0n) is 22.8. The molecule has 0 radical (unpaired) electrons. The van der Waals surface area contributed by atoms with Gasteiger partial charge in [-0.15, -0.1) is 0 Å². The summed E-state index contributed by atoms with van der Waals surface area (Å²) < 4.78 is 28.9. The van der Waals surface area contributed by atoms with Gasteiger partial charge in [0.25, 0.3) is 0 Å². The Labute approximate surface area is 227 Å². The smallest absolute Gasteiger partial charge is 0.142 e. The lowest BCUT2D eigenvalue weighted by Crippen LogP contribution is -2.36. The zero-order valence-corrected chi connectivity index (χ0v) is 22.8. The summed E-state index contributed by atoms with van der Waals surface area (Å²) in [7, 11) is 3.51. The van der Waals surface area contributed by atoms with Crippen LogP contribution in [0.3, 0.4) is 0 Å². The number of benzene rings is 2. The van der Waals surface area contributed by atoms with Crippen molar-refractivity contribution in [1.29, 1.82) is 0 Å². The van der Waals surface area contributed by atoms with Crippen molar-refractivity contribution in [2.45, 2.75) is 69.5 Å². The van der Waals surface area contributed by atoms with E-state index in [0.717, 1.165) is 86.5 Å². The molecule has 5 atom stereocenters. The molecule has 0 bridgehead atoms. The molecule has 38 heavy (non-hydrogen) atoms. The van der Waals surface area contributed by atoms with Crippen LogP contribution in [0, 0.1) is 5.92 Å². The summed E-state index contributed by atoms with van der Waals surface area (Å²) in [6, 6.07) is 14.9. The summed E-state index contributed by atoms with van der Waals surface area (Å²) >= 11 is 0. The van der Waals surface area contributed by atoms with Crippen molar-refractivity contribution in [2.75, 3.05) is 52.0 Å². The lowest BCUT2D eigenvalue weighted by Gasteiger charge is -2.36. The zero-order chi connectivity index (χ0) is 26.3. The lowest BCUT2D eigenvalue weighted by molar-refractivity contribution is -0.0426. The molecule has 2 aliphatic carbocycles. The van der Waals surface area contributed by atoms with E-state index < -0.39 is 6.10 Å². The van der Waals surface area contributed by atoms with E-state index in [-0.39, 0.29) is 12.0 Å². The number of ether oxygens (including phenoxy) is 5. The Morgan fingerprint density at radius 3 is 2.63 bits per heavy atom. The van der Waals surface area contributed by atoms with Crippen molar-refractivity contribution in [2.24, 2.45) is 5.92 Å². The monoisotopic (exact) mass is 525 g/mol. The Bertz CT molecular complexity index is 1010. The molecule has 208 valence electrons. The van der Waals surface area contributed by atoms with Gasteiger partial charge in [0.15, 0.2) is 0 Å². The molecule has 2 aromatic rings. The first-order valence-corrected chi connectivity index (χ1v) is 14.1. The Balaban J connectivity index is 1.19. The summed E-state index contributed by atoms with van der Waals surface area (Å²) in [5.74, 6) is 1.44. The molecule has 7 nitrogen and oxygen atoms in total. The summed E-state index contributed by atoms with van der Waals surface area (Å²) in [6.07, 6.45) is 4.77. The van der Waals surface area contributed by atoms with E-state index in [1.165, 1.54) is 0 Å². The fourth-order valence-electron chi connectivity index (χ4n) is 5.85. The van der Waals surface area contributed by atoms with Crippen LogP contribution in [0.5, 0.6) is 5.75 Å². The minimum Gasteiger partial charge on any atom is -0.490 e. The van der Waals surface area contributed by atoms with E-state index in [1.54, 1.807) is 14.2 Å². The third kappa shape index (κ3) is 6.88. The Morgan fingerprint density at radius 1 is 1.00 bits per heavy atom. The number of nitrogens with zero attached hydrogens (tertiary/aromatic N) is 1. The molecule has 5 rings (SSSR count). The molecular formula is C31H43NO6. The van der Waals surface area contributed by atoms with Gasteiger partial charge in [0.05, 0.1) is 50.4 Å². The van der Waals surface area contributed by atoms with Crippen LogP contribution in [-0.2, 0) is 32.2 Å². The van der Waals surface area contributed by atoms with Crippen LogP contribution in [0.25, 0.3) is 0 Å². The first-order chi connectivity index (χ1) is 18.7. The van der Waals surface area contributed by atoms with Crippen molar-refractivity contribution >= 4 is 5.69 Å². The number of hydrogen-bond donors (Lipinski definition) is 1. The highest BCUT2D eigenvalue weighted by Gasteiger charge is 2.37. The molecule has 7 heteroatoms. The molecule has 0 amide bonds. The second-order valence-corrected chi connectivity index (χ2v) is 10.9. The minimum absolute atomic E-state index is 0.0215. The van der Waals surface area contributed by atoms with Crippen LogP contribution in [0.2, 0.25) is 0 Å². The van der Waals surface area contributed by atoms with Crippen LogP contribution < -0.4 is 9.64 Å². The summed E-state index contributed by atoms with van der Waals surface area (Å²) in [4.78, 5) is 2.38. The van der Waals surface area contributed by atoms with Crippen LogP contribution in [0.1, 0.15) is 54.7 Å². The molecule has 3 aliphatic rings. The van der Waals surface area contributed by atoms with E-state index in [2.05, 4.69) is 47.4 Å². The van der Waals surface area contributed by atoms with Gasteiger partial charge in [-0.25, -0.2) is 0 Å². The first-order valence-electron chi connectivity index (χ1n) is 14.1. The summed E-state index contributed by atoms with van der Waals surface area (Å²) in [5.41, 5.74) is 4.54. The third-order valence-corrected chi connectivity index (χ3v) is 8.15. The maximum atomic E-state index is 11.0. The van der Waals surface area contributed by atoms with Crippen molar-refractivity contribution < 1.29 is 28.8 Å². The van der Waals surface area contributed by atoms with Gasteiger partial charge >= 0.3 is 0 Å². The van der Waals surface area contributed by atoms with Crippen molar-refractivity contribution in [1.82, 2.24) is 0 Å². The maximum absolute atomic E-state index is 11.0. The molecule has 1 N–H and O–H groups in total. The van der Waals surface area contributed by atoms with E-state index in [4.69, 9.17) is 23.7 Å². The van der Waals surface area contributed by atoms with Crippen LogP contribution in [0.15, 0.2) is 42.5 Å². The molecule has 2 fully saturated rings. The average Bonchev–Trinajstić information content (AvgIpc) is 3.71. The second kappa shape index (κ2) is 13.3. The number of methoxy groups -OCH3 is 2. The standard InChI is InChI=1S/C31H43NO6/c1-34-15-4-13-32-14-16-37-28-12-9-23(17-26(28)32)20-38-29-6-3-5-27(33)31(29)24-10-7-22(8-11-24)19-36-21-25-18-30(25)35-2/h7-12,17,25,27,29-31,33H,3-6,13-16,18-21H2,1-2H3/t25?,27-,29+,30+,31+/m1/s1. The molecule has 0 saturated heterocycles. The van der Waals surface area contributed by atoms with Crippen LogP contribution in [-0.4, -0.2) is 70.5 Å². The number of aliphatic hydroxyl groups excluding tert-OH is 1. The molecule has 0 spiro atoms. The van der Waals surface area contributed by atoms with E-state index in [0.29, 0.717) is 31.8 Å². The highest BCUT2D eigenvalue weighted by Crippen LogP contribution is 2.38. The first kappa shape index (κ1) is 27.4. The lowest BCUT2D eigenvalue weighted by atomic mass is 9.79. The van der Waals surface area contributed by atoms with E-state index >= 15 is 0 Å². The van der Waals surface area contributed by atoms with Gasteiger partial charge in [-0.3, -0.25) is 0 Å². The fraction of sp³-hybridized carbons (Fsp3) is 0.613. The molecule has 0 aromatic heterocycles. The summed E-state index contributed by atoms with van der Waals surface area (Å²) in [6.45, 7) is 5.15. The highest BCUT2D eigenvalue weighted by molar-refractivity contribution is 5.61. The van der Waals surface area contributed by atoms with Crippen LogP contribution in [0.4, 0.5) is 5.69 Å². The maximum Gasteiger partial charge on any atom is 0.142 e. The SMILES string of the molecule is COCCCN1CCOc2ccc(CO[C@H]3CCC[C@@H](O)[C@@H]3c3ccc(COCC4C[C@@H]4OC)cc3)cc21. The Hall–Kier alpha value is -2.16. The van der Waals surface area contributed by atoms with Gasteiger partial charge in [0, 0.05) is 39.2 Å². The van der Waals surface area contributed by atoms with E-state index in [1.807, 2.05) is 0 Å². The van der Waals surface area contributed by atoms with Crippen molar-refractivity contribution in [3.8, 4) is 5.75 Å². The Kier molecular flexibility index (Phi) is 9.57. The number of anilines is 1. The number of hydrogen-bond acceptors (Lipinski definition) is 7. The number of rotatable bonds is 13. The number of fused-ring (bicyclic) bond motifs is 1. The van der Waals surface area contributed by atoms with Crippen LogP contribution >= 0.6 is 0 Å². The molecule has 1 heterocycles. The van der Waals surface area contributed by atoms with Gasteiger partial charge in [-0.05, 0) is 60.9 Å². The largest absolute Gasteiger partial charge is 0.490 e. The molecule has 2 aromatic carbocycles. The predicted molar refractivity (Wildman–Crippen MR) is 147 cm³/mol. The summed E-state index contributed by atoms with van der Waals surface area (Å²) in [5, 5.41) is 11.0. The van der Waals surface area contributed by atoms with Gasteiger partial charge in [0.2, 0.25) is 0 Å². The van der Waals surface area contributed by atoms with Crippen molar-refractivity contribution in [3.63, 3.8) is 0 Å². The Morgan fingerprint density at radius 2 is 1.84 bits per heavy atom. The van der Waals surface area contributed by atoms with Gasteiger partial charge in [0.1, 0.15) is 12.4 Å².